The van der Waals surface area contributed by atoms with Crippen LogP contribution in [0, 0.1) is 0 Å². The summed E-state index contributed by atoms with van der Waals surface area (Å²) in [6.07, 6.45) is 3.33. The largest absolute Gasteiger partial charge is 0.295 e. The molecule has 5 nitrogen and oxygen atoms in total. The molecule has 2 amide bonds. The Bertz CT molecular complexity index is 401. The molecule has 2 heterocycles. The van der Waals surface area contributed by atoms with Crippen LogP contribution >= 0.6 is 15.9 Å². The number of amides is 2. The van der Waals surface area contributed by atoms with E-state index in [0.717, 1.165) is 5.56 Å². The monoisotopic (exact) mass is 257 g/mol. The second-order valence-electron chi connectivity index (χ2n) is 3.18. The molecule has 0 saturated carbocycles. The van der Waals surface area contributed by atoms with Gasteiger partial charge in [0.1, 0.15) is 4.83 Å². The Hall–Kier alpha value is -1.17. The molecule has 1 aromatic rings. The van der Waals surface area contributed by atoms with Crippen LogP contribution in [0.2, 0.25) is 0 Å². The minimum absolute atomic E-state index is 0.273. The summed E-state index contributed by atoms with van der Waals surface area (Å²) in [4.78, 5) is 22.1. The van der Waals surface area contributed by atoms with Gasteiger partial charge in [0.05, 0.1) is 12.1 Å². The number of carbonyl (C=O) groups excluding carboxylic acids is 2. The van der Waals surface area contributed by atoms with Crippen molar-refractivity contribution in [3.8, 4) is 0 Å². The third-order valence-corrected chi connectivity index (χ3v) is 3.10. The van der Waals surface area contributed by atoms with Crippen LogP contribution in [0.1, 0.15) is 11.5 Å². The van der Waals surface area contributed by atoms with Crippen molar-refractivity contribution in [1.82, 2.24) is 15.1 Å². The molecule has 14 heavy (non-hydrogen) atoms. The number of alkyl halides is 1. The van der Waals surface area contributed by atoms with Gasteiger partial charge in [-0.2, -0.15) is 5.10 Å². The van der Waals surface area contributed by atoms with Gasteiger partial charge in [0.15, 0.2) is 0 Å². The fourth-order valence-electron chi connectivity index (χ4n) is 1.47. The van der Waals surface area contributed by atoms with Crippen LogP contribution in [-0.2, 0) is 16.6 Å². The summed E-state index contributed by atoms with van der Waals surface area (Å²) in [6.45, 7) is 0. The smallest absolute Gasteiger partial charge is 0.241 e. The Morgan fingerprint density at radius 1 is 1.50 bits per heavy atom. The summed E-state index contributed by atoms with van der Waals surface area (Å²) in [5.74, 6) is -1.02. The highest BCUT2D eigenvalue weighted by atomic mass is 79.9. The molecule has 0 radical (unpaired) electrons. The van der Waals surface area contributed by atoms with E-state index in [1.807, 2.05) is 0 Å². The molecule has 0 spiro atoms. The molecule has 6 heteroatoms. The van der Waals surface area contributed by atoms with Crippen molar-refractivity contribution < 1.29 is 9.59 Å². The van der Waals surface area contributed by atoms with Crippen LogP contribution < -0.4 is 5.32 Å². The second kappa shape index (κ2) is 3.20. The number of imide groups is 1. The van der Waals surface area contributed by atoms with E-state index in [9.17, 15) is 9.59 Å². The average Bonchev–Trinajstić information content (AvgIpc) is 2.60. The molecular weight excluding hydrogens is 250 g/mol. The third kappa shape index (κ3) is 1.35. The van der Waals surface area contributed by atoms with E-state index in [-0.39, 0.29) is 11.8 Å². The highest BCUT2D eigenvalue weighted by molar-refractivity contribution is 9.10. The number of rotatable bonds is 1. The first-order valence-corrected chi connectivity index (χ1v) is 4.98. The van der Waals surface area contributed by atoms with Crippen molar-refractivity contribution in [2.75, 3.05) is 0 Å². The predicted molar refractivity (Wildman–Crippen MR) is 51.8 cm³/mol. The van der Waals surface area contributed by atoms with Crippen LogP contribution in [0.5, 0.6) is 0 Å². The first kappa shape index (κ1) is 9.39. The van der Waals surface area contributed by atoms with Crippen molar-refractivity contribution in [2.45, 2.75) is 10.7 Å². The summed E-state index contributed by atoms with van der Waals surface area (Å²) >= 11 is 3.19. The topological polar surface area (TPSA) is 64.0 Å². The van der Waals surface area contributed by atoms with Crippen molar-refractivity contribution in [1.29, 1.82) is 0 Å². The third-order valence-electron chi connectivity index (χ3n) is 2.16. The number of aryl methyl sites for hydroxylation is 1. The lowest BCUT2D eigenvalue weighted by atomic mass is 10.0. The lowest BCUT2D eigenvalue weighted by Gasteiger charge is -2.05. The summed E-state index contributed by atoms with van der Waals surface area (Å²) in [5.41, 5.74) is 0.748. The quantitative estimate of drug-likeness (QED) is 0.566. The van der Waals surface area contributed by atoms with Crippen molar-refractivity contribution >= 4 is 27.7 Å². The van der Waals surface area contributed by atoms with Gasteiger partial charge >= 0.3 is 0 Å². The van der Waals surface area contributed by atoms with Gasteiger partial charge in [0.2, 0.25) is 11.8 Å². The van der Waals surface area contributed by atoms with Gasteiger partial charge < -0.3 is 0 Å². The fraction of sp³-hybridized carbons (Fsp3) is 0.375. The molecular formula is C8H8BrN3O2. The van der Waals surface area contributed by atoms with Gasteiger partial charge in [-0.25, -0.2) is 0 Å². The normalized spacial score (nSPS) is 26.7. The summed E-state index contributed by atoms with van der Waals surface area (Å²) in [5, 5.41) is 6.22. The summed E-state index contributed by atoms with van der Waals surface area (Å²) in [6, 6.07) is 0. The maximum atomic E-state index is 11.4. The highest BCUT2D eigenvalue weighted by Gasteiger charge is 2.41. The number of hydrogen-bond donors (Lipinski definition) is 1. The molecule has 1 aliphatic rings. The van der Waals surface area contributed by atoms with Crippen molar-refractivity contribution in [3.05, 3.63) is 18.0 Å². The standard InChI is InChI=1S/C8H8BrN3O2/c1-12-3-4(2-10-12)5-6(9)8(14)11-7(5)13/h2-3,5-6H,1H3,(H,11,13,14). The van der Waals surface area contributed by atoms with Gasteiger partial charge in [0.25, 0.3) is 0 Å². The van der Waals surface area contributed by atoms with E-state index in [4.69, 9.17) is 0 Å². The van der Waals surface area contributed by atoms with Crippen LogP contribution in [0.25, 0.3) is 0 Å². The lowest BCUT2D eigenvalue weighted by Crippen LogP contribution is -2.22. The zero-order chi connectivity index (χ0) is 10.3. The van der Waals surface area contributed by atoms with E-state index in [0.29, 0.717) is 0 Å². The zero-order valence-electron chi connectivity index (χ0n) is 7.40. The first-order chi connectivity index (χ1) is 6.59. The molecule has 2 atom stereocenters. The molecule has 1 saturated heterocycles. The van der Waals surface area contributed by atoms with Gasteiger partial charge in [0, 0.05) is 18.8 Å². The van der Waals surface area contributed by atoms with Gasteiger partial charge in [-0.3, -0.25) is 19.6 Å². The van der Waals surface area contributed by atoms with Gasteiger partial charge in [-0.15, -0.1) is 0 Å². The Morgan fingerprint density at radius 2 is 2.21 bits per heavy atom. The second-order valence-corrected chi connectivity index (χ2v) is 4.17. The average molecular weight is 258 g/mol. The molecule has 0 bridgehead atoms. The van der Waals surface area contributed by atoms with Gasteiger partial charge in [-0.05, 0) is 0 Å². The molecule has 2 unspecified atom stereocenters. The minimum Gasteiger partial charge on any atom is -0.295 e. The zero-order valence-corrected chi connectivity index (χ0v) is 8.98. The van der Waals surface area contributed by atoms with E-state index < -0.39 is 10.7 Å². The first-order valence-electron chi connectivity index (χ1n) is 4.07. The number of nitrogens with one attached hydrogen (secondary N) is 1. The minimum atomic E-state index is -0.487. The number of hydrogen-bond acceptors (Lipinski definition) is 3. The summed E-state index contributed by atoms with van der Waals surface area (Å²) < 4.78 is 1.60. The molecule has 1 fully saturated rings. The molecule has 1 aromatic heterocycles. The maximum Gasteiger partial charge on any atom is 0.241 e. The maximum absolute atomic E-state index is 11.4. The lowest BCUT2D eigenvalue weighted by molar-refractivity contribution is -0.125. The van der Waals surface area contributed by atoms with Crippen molar-refractivity contribution in [3.63, 3.8) is 0 Å². The highest BCUT2D eigenvalue weighted by Crippen LogP contribution is 2.29. The van der Waals surface area contributed by atoms with Crippen LogP contribution in [0.3, 0.4) is 0 Å². The Morgan fingerprint density at radius 3 is 2.64 bits per heavy atom. The van der Waals surface area contributed by atoms with Gasteiger partial charge in [-0.1, -0.05) is 15.9 Å². The Labute approximate surface area is 88.6 Å². The molecule has 0 aliphatic carbocycles. The van der Waals surface area contributed by atoms with Crippen LogP contribution in [0.15, 0.2) is 12.4 Å². The fourth-order valence-corrected chi connectivity index (χ4v) is 2.13. The number of nitrogens with zero attached hydrogens (tertiary/aromatic N) is 2. The van der Waals surface area contributed by atoms with E-state index in [2.05, 4.69) is 26.3 Å². The summed E-state index contributed by atoms with van der Waals surface area (Å²) in [7, 11) is 1.77. The molecule has 1 N–H and O–H groups in total. The molecule has 1 aliphatic heterocycles. The Kier molecular flexibility index (Phi) is 2.14. The SMILES string of the molecule is Cn1cc(C2C(=O)NC(=O)C2Br)cn1. The molecule has 0 aromatic carbocycles. The van der Waals surface area contributed by atoms with Crippen LogP contribution in [-0.4, -0.2) is 26.4 Å². The predicted octanol–water partition coefficient (Wildman–Crippen LogP) is -0.0764. The van der Waals surface area contributed by atoms with Crippen LogP contribution in [0.4, 0.5) is 0 Å². The van der Waals surface area contributed by atoms with Crippen molar-refractivity contribution in [2.24, 2.45) is 7.05 Å². The van der Waals surface area contributed by atoms with E-state index >= 15 is 0 Å². The number of aromatic nitrogens is 2. The number of carbonyl (C=O) groups is 2. The Balaban J connectivity index is 2.35. The number of halogens is 1. The molecule has 2 rings (SSSR count). The van der Waals surface area contributed by atoms with E-state index in [1.54, 1.807) is 24.1 Å². The molecule has 74 valence electrons. The van der Waals surface area contributed by atoms with E-state index in [1.165, 1.54) is 0 Å².